The van der Waals surface area contributed by atoms with Crippen LogP contribution in [0.1, 0.15) is 50.8 Å². The largest absolute Gasteiger partial charge is 0.463 e. The molecule has 2 aromatic carbocycles. The van der Waals surface area contributed by atoms with Crippen molar-refractivity contribution >= 4 is 22.1 Å². The molecule has 0 radical (unpaired) electrons. The third kappa shape index (κ3) is 6.10. The van der Waals surface area contributed by atoms with Gasteiger partial charge in [-0.2, -0.15) is 4.31 Å². The second-order valence-corrected chi connectivity index (χ2v) is 10.9. The molecule has 3 rings (SSSR count). The summed E-state index contributed by atoms with van der Waals surface area (Å²) in [6, 6.07) is 9.89. The highest BCUT2D eigenvalue weighted by atomic mass is 32.2. The zero-order valence-corrected chi connectivity index (χ0v) is 19.9. The van der Waals surface area contributed by atoms with E-state index in [0.29, 0.717) is 17.1 Å². The molecule has 1 aliphatic carbocycles. The van der Waals surface area contributed by atoms with Crippen LogP contribution in [0.3, 0.4) is 0 Å². The summed E-state index contributed by atoms with van der Waals surface area (Å²) >= 11 is 0. The van der Waals surface area contributed by atoms with E-state index >= 15 is 0 Å². The number of amides is 1. The first-order chi connectivity index (χ1) is 15.4. The number of aryl methyl sites for hydroxylation is 1. The van der Waals surface area contributed by atoms with E-state index < -0.39 is 46.2 Å². The number of benzene rings is 2. The fourth-order valence-corrected chi connectivity index (χ4v) is 4.60. The Hall–Kier alpha value is -2.94. The molecule has 0 spiro atoms. The van der Waals surface area contributed by atoms with Crippen molar-refractivity contribution in [1.29, 1.82) is 0 Å². The first-order valence-corrected chi connectivity index (χ1v) is 12.1. The first kappa shape index (κ1) is 24.7. The van der Waals surface area contributed by atoms with Crippen molar-refractivity contribution in [3.63, 3.8) is 0 Å². The molecular weight excluding hydrogens is 449 g/mol. The highest BCUT2D eigenvalue weighted by Crippen LogP contribution is 2.34. The number of hydrogen-bond donors (Lipinski definition) is 0. The normalized spacial score (nSPS) is 14.9. The lowest BCUT2D eigenvalue weighted by atomic mass is 10.1. The predicted octanol–water partition coefficient (Wildman–Crippen LogP) is 4.75. The molecular formula is C24H28FNO6S. The van der Waals surface area contributed by atoms with Crippen molar-refractivity contribution in [3.8, 4) is 0 Å². The molecule has 1 amide bonds. The molecule has 0 bridgehead atoms. The fraction of sp³-hybridized carbons (Fsp3) is 0.417. The Morgan fingerprint density at radius 3 is 2.24 bits per heavy atom. The number of ether oxygens (including phenoxy) is 2. The first-order valence-electron chi connectivity index (χ1n) is 10.7. The summed E-state index contributed by atoms with van der Waals surface area (Å²) in [4.78, 5) is 25.3. The van der Waals surface area contributed by atoms with Crippen LogP contribution in [-0.4, -0.2) is 37.0 Å². The fourth-order valence-electron chi connectivity index (χ4n) is 3.15. The Balaban J connectivity index is 2.11. The van der Waals surface area contributed by atoms with Gasteiger partial charge in [0, 0.05) is 5.56 Å². The molecule has 0 heterocycles. The van der Waals surface area contributed by atoms with Gasteiger partial charge in [0.2, 0.25) is 0 Å². The van der Waals surface area contributed by atoms with Crippen LogP contribution < -0.4 is 0 Å². The summed E-state index contributed by atoms with van der Waals surface area (Å²) in [6.07, 6.45) is 0.167. The standard InChI is InChI=1S/C24H28FNO6S/c1-16-9-13-18(14-10-16)33(29,30)26(23(28)32-24(2,3)4)21(15-31-22(27)17-11-12-17)19-7-5-6-8-20(19)25/h5-10,13-14,17,21H,11-12,15H2,1-4H3/t21-/m0/s1. The third-order valence-electron chi connectivity index (χ3n) is 4.99. The van der Waals surface area contributed by atoms with Crippen LogP contribution in [0.25, 0.3) is 0 Å². The highest BCUT2D eigenvalue weighted by Gasteiger charge is 2.42. The molecule has 7 nitrogen and oxygen atoms in total. The van der Waals surface area contributed by atoms with Crippen LogP contribution in [0.2, 0.25) is 0 Å². The molecule has 0 aliphatic heterocycles. The van der Waals surface area contributed by atoms with E-state index in [1.807, 2.05) is 0 Å². The number of carbonyl (C=O) groups excluding carboxylic acids is 2. The van der Waals surface area contributed by atoms with E-state index in [-0.39, 0.29) is 16.4 Å². The molecule has 0 unspecified atom stereocenters. The Kier molecular flexibility index (Phi) is 7.11. The maximum atomic E-state index is 14.8. The van der Waals surface area contributed by atoms with Gasteiger partial charge in [0.1, 0.15) is 24.1 Å². The average Bonchev–Trinajstić information content (AvgIpc) is 3.55. The third-order valence-corrected chi connectivity index (χ3v) is 6.78. The molecule has 1 atom stereocenters. The van der Waals surface area contributed by atoms with Gasteiger partial charge >= 0.3 is 12.1 Å². The lowest BCUT2D eigenvalue weighted by Gasteiger charge is -2.33. The maximum Gasteiger partial charge on any atom is 0.425 e. The SMILES string of the molecule is Cc1ccc(S(=O)(=O)N(C(=O)OC(C)(C)C)[C@@H](COC(=O)C2CC2)c2ccccc2F)cc1. The summed E-state index contributed by atoms with van der Waals surface area (Å²) in [6.45, 7) is 6.02. The Labute approximate surface area is 193 Å². The number of rotatable bonds is 7. The van der Waals surface area contributed by atoms with Crippen LogP contribution in [0.15, 0.2) is 53.4 Å². The molecule has 1 saturated carbocycles. The van der Waals surface area contributed by atoms with Crippen molar-refractivity contribution in [1.82, 2.24) is 4.31 Å². The zero-order valence-electron chi connectivity index (χ0n) is 19.1. The number of sulfonamides is 1. The number of nitrogens with zero attached hydrogens (tertiary/aromatic N) is 1. The van der Waals surface area contributed by atoms with Gasteiger partial charge in [-0.1, -0.05) is 35.9 Å². The van der Waals surface area contributed by atoms with E-state index in [0.717, 1.165) is 11.6 Å². The average molecular weight is 478 g/mol. The Morgan fingerprint density at radius 2 is 1.70 bits per heavy atom. The van der Waals surface area contributed by atoms with E-state index in [9.17, 15) is 22.4 Å². The minimum atomic E-state index is -4.51. The molecule has 1 aliphatic rings. The van der Waals surface area contributed by atoms with Crippen LogP contribution in [0.4, 0.5) is 9.18 Å². The molecule has 9 heteroatoms. The van der Waals surface area contributed by atoms with Crippen molar-refractivity contribution in [3.05, 3.63) is 65.5 Å². The minimum absolute atomic E-state index is 0.109. The van der Waals surface area contributed by atoms with E-state index in [4.69, 9.17) is 9.47 Å². The van der Waals surface area contributed by atoms with Gasteiger partial charge in [0.15, 0.2) is 0 Å². The van der Waals surface area contributed by atoms with Crippen molar-refractivity contribution in [2.24, 2.45) is 5.92 Å². The molecule has 0 saturated heterocycles. The Morgan fingerprint density at radius 1 is 1.09 bits per heavy atom. The van der Waals surface area contributed by atoms with Gasteiger partial charge in [-0.3, -0.25) is 4.79 Å². The van der Waals surface area contributed by atoms with Crippen molar-refractivity contribution in [2.45, 2.75) is 57.1 Å². The van der Waals surface area contributed by atoms with E-state index in [1.165, 1.54) is 30.3 Å². The summed E-state index contributed by atoms with van der Waals surface area (Å²) < 4.78 is 53.3. The second-order valence-electron chi connectivity index (χ2n) is 9.04. The van der Waals surface area contributed by atoms with Gasteiger partial charge in [-0.25, -0.2) is 17.6 Å². The van der Waals surface area contributed by atoms with Gasteiger partial charge in [0.05, 0.1) is 10.8 Å². The van der Waals surface area contributed by atoms with Crippen molar-refractivity contribution < 1.29 is 31.9 Å². The summed E-state index contributed by atoms with van der Waals surface area (Å²) in [7, 11) is -4.51. The van der Waals surface area contributed by atoms with Gasteiger partial charge in [0.25, 0.3) is 10.0 Å². The van der Waals surface area contributed by atoms with Crippen LogP contribution in [-0.2, 0) is 24.3 Å². The number of halogens is 1. The maximum absolute atomic E-state index is 14.8. The topological polar surface area (TPSA) is 90.0 Å². The lowest BCUT2D eigenvalue weighted by Crippen LogP contribution is -2.45. The minimum Gasteiger partial charge on any atom is -0.463 e. The summed E-state index contributed by atoms with van der Waals surface area (Å²) in [5.74, 6) is -1.50. The molecule has 2 aromatic rings. The van der Waals surface area contributed by atoms with Gasteiger partial charge in [-0.15, -0.1) is 0 Å². The molecule has 33 heavy (non-hydrogen) atoms. The van der Waals surface area contributed by atoms with Gasteiger partial charge < -0.3 is 9.47 Å². The summed E-state index contributed by atoms with van der Waals surface area (Å²) in [5.41, 5.74) is -0.313. The number of esters is 1. The Bertz CT molecular complexity index is 1120. The number of carbonyl (C=O) groups is 2. The zero-order chi connectivity index (χ0) is 24.4. The molecule has 1 fully saturated rings. The lowest BCUT2D eigenvalue weighted by molar-refractivity contribution is -0.146. The predicted molar refractivity (Wildman–Crippen MR) is 119 cm³/mol. The molecule has 0 N–H and O–H groups in total. The highest BCUT2D eigenvalue weighted by molar-refractivity contribution is 7.89. The van der Waals surface area contributed by atoms with Crippen LogP contribution in [0, 0.1) is 18.7 Å². The second kappa shape index (κ2) is 9.51. The molecule has 0 aromatic heterocycles. The number of hydrogen-bond acceptors (Lipinski definition) is 6. The van der Waals surface area contributed by atoms with Crippen LogP contribution >= 0.6 is 0 Å². The molecule has 178 valence electrons. The quantitative estimate of drug-likeness (QED) is 0.535. The van der Waals surface area contributed by atoms with E-state index in [2.05, 4.69) is 0 Å². The van der Waals surface area contributed by atoms with Gasteiger partial charge in [-0.05, 0) is 58.7 Å². The van der Waals surface area contributed by atoms with Crippen molar-refractivity contribution in [2.75, 3.05) is 6.61 Å². The van der Waals surface area contributed by atoms with E-state index in [1.54, 1.807) is 39.8 Å². The monoisotopic (exact) mass is 477 g/mol. The smallest absolute Gasteiger partial charge is 0.425 e. The van der Waals surface area contributed by atoms with Crippen LogP contribution in [0.5, 0.6) is 0 Å². The summed E-state index contributed by atoms with van der Waals surface area (Å²) in [5, 5.41) is 0.